The maximum atomic E-state index is 11.9. The van der Waals surface area contributed by atoms with Crippen molar-refractivity contribution in [2.45, 2.75) is 19.3 Å². The van der Waals surface area contributed by atoms with Crippen LogP contribution in [0.2, 0.25) is 0 Å². The number of hydrogen-bond donors (Lipinski definition) is 2. The maximum Gasteiger partial charge on any atom is 0.241 e. The second-order valence-electron chi connectivity index (χ2n) is 4.26. The number of likely N-dealkylation sites (tertiary alicyclic amines) is 1. The molecule has 0 bridgehead atoms. The van der Waals surface area contributed by atoms with E-state index in [4.69, 9.17) is 5.73 Å². The van der Waals surface area contributed by atoms with Gasteiger partial charge in [0.05, 0.1) is 24.1 Å². The van der Waals surface area contributed by atoms with Gasteiger partial charge in [0.15, 0.2) is 0 Å². The SMILES string of the molecule is Nc1cnccc1NCC(=O)N1CCCCC1. The molecule has 0 atom stereocenters. The monoisotopic (exact) mass is 234 g/mol. The van der Waals surface area contributed by atoms with Crippen molar-refractivity contribution in [3.63, 3.8) is 0 Å². The van der Waals surface area contributed by atoms with Gasteiger partial charge in [-0.1, -0.05) is 0 Å². The number of piperidine rings is 1. The van der Waals surface area contributed by atoms with E-state index in [9.17, 15) is 4.79 Å². The number of nitrogens with one attached hydrogen (secondary N) is 1. The predicted octanol–water partition coefficient (Wildman–Crippen LogP) is 1.09. The van der Waals surface area contributed by atoms with Gasteiger partial charge in [-0.05, 0) is 25.3 Å². The number of hydrogen-bond acceptors (Lipinski definition) is 4. The van der Waals surface area contributed by atoms with Crippen molar-refractivity contribution in [2.24, 2.45) is 0 Å². The number of carbonyl (C=O) groups excluding carboxylic acids is 1. The molecule has 3 N–H and O–H groups in total. The largest absolute Gasteiger partial charge is 0.396 e. The summed E-state index contributed by atoms with van der Waals surface area (Å²) in [6.45, 7) is 2.06. The van der Waals surface area contributed by atoms with Crippen LogP contribution in [-0.4, -0.2) is 35.4 Å². The van der Waals surface area contributed by atoms with Crippen LogP contribution < -0.4 is 11.1 Å². The Balaban J connectivity index is 1.85. The second-order valence-corrected chi connectivity index (χ2v) is 4.26. The number of nitrogens with zero attached hydrogens (tertiary/aromatic N) is 2. The molecule has 0 spiro atoms. The molecule has 2 heterocycles. The summed E-state index contributed by atoms with van der Waals surface area (Å²) in [6.07, 6.45) is 6.69. The standard InChI is InChI=1S/C12H18N4O/c13-10-8-14-5-4-11(10)15-9-12(17)16-6-2-1-3-7-16/h4-5,8H,1-3,6-7,9,13H2,(H,14,15). The van der Waals surface area contributed by atoms with Gasteiger partial charge in [0.1, 0.15) is 0 Å². The maximum absolute atomic E-state index is 11.9. The topological polar surface area (TPSA) is 71.2 Å². The zero-order chi connectivity index (χ0) is 12.1. The highest BCUT2D eigenvalue weighted by Crippen LogP contribution is 2.15. The molecule has 1 aliphatic heterocycles. The number of nitrogen functional groups attached to an aromatic ring is 1. The van der Waals surface area contributed by atoms with E-state index in [0.717, 1.165) is 31.6 Å². The zero-order valence-corrected chi connectivity index (χ0v) is 9.85. The number of amides is 1. The first-order chi connectivity index (χ1) is 8.27. The van der Waals surface area contributed by atoms with E-state index >= 15 is 0 Å². The summed E-state index contributed by atoms with van der Waals surface area (Å²) in [5.41, 5.74) is 7.07. The Morgan fingerprint density at radius 3 is 2.88 bits per heavy atom. The molecule has 0 aromatic carbocycles. The minimum Gasteiger partial charge on any atom is -0.396 e. The van der Waals surface area contributed by atoms with Crippen LogP contribution in [0, 0.1) is 0 Å². The molecule has 5 nitrogen and oxygen atoms in total. The predicted molar refractivity (Wildman–Crippen MR) is 67.6 cm³/mol. The van der Waals surface area contributed by atoms with E-state index in [1.54, 1.807) is 18.5 Å². The van der Waals surface area contributed by atoms with Gasteiger partial charge in [0.25, 0.3) is 0 Å². The Hall–Kier alpha value is -1.78. The van der Waals surface area contributed by atoms with E-state index < -0.39 is 0 Å². The van der Waals surface area contributed by atoms with Gasteiger partial charge in [-0.3, -0.25) is 9.78 Å². The summed E-state index contributed by atoms with van der Waals surface area (Å²) >= 11 is 0. The number of aromatic nitrogens is 1. The molecule has 0 aliphatic carbocycles. The Labute approximate surface area is 101 Å². The lowest BCUT2D eigenvalue weighted by molar-refractivity contribution is -0.130. The molecule has 1 fully saturated rings. The fourth-order valence-corrected chi connectivity index (χ4v) is 1.99. The summed E-state index contributed by atoms with van der Waals surface area (Å²) in [5, 5.41) is 3.05. The smallest absolute Gasteiger partial charge is 0.241 e. The molecule has 1 amide bonds. The van der Waals surface area contributed by atoms with E-state index in [-0.39, 0.29) is 5.91 Å². The molecule has 17 heavy (non-hydrogen) atoms. The highest BCUT2D eigenvalue weighted by atomic mass is 16.2. The van der Waals surface area contributed by atoms with E-state index in [2.05, 4.69) is 10.3 Å². The Morgan fingerprint density at radius 1 is 1.41 bits per heavy atom. The Morgan fingerprint density at radius 2 is 2.18 bits per heavy atom. The number of anilines is 2. The van der Waals surface area contributed by atoms with Gasteiger partial charge in [0.2, 0.25) is 5.91 Å². The molecular formula is C12H18N4O. The molecule has 5 heteroatoms. The number of rotatable bonds is 3. The van der Waals surface area contributed by atoms with Crippen LogP contribution in [0.4, 0.5) is 11.4 Å². The van der Waals surface area contributed by atoms with Crippen LogP contribution >= 0.6 is 0 Å². The molecule has 92 valence electrons. The average Bonchev–Trinajstić information content (AvgIpc) is 2.38. The van der Waals surface area contributed by atoms with Crippen LogP contribution in [-0.2, 0) is 4.79 Å². The normalized spacial score (nSPS) is 15.6. The van der Waals surface area contributed by atoms with E-state index in [0.29, 0.717) is 12.2 Å². The van der Waals surface area contributed by atoms with Gasteiger partial charge in [-0.15, -0.1) is 0 Å². The summed E-state index contributed by atoms with van der Waals surface area (Å²) in [5.74, 6) is 0.140. The van der Waals surface area contributed by atoms with Gasteiger partial charge in [0, 0.05) is 19.3 Å². The van der Waals surface area contributed by atoms with E-state index in [1.807, 2.05) is 4.90 Å². The zero-order valence-electron chi connectivity index (χ0n) is 9.85. The molecule has 1 aromatic rings. The lowest BCUT2D eigenvalue weighted by Gasteiger charge is -2.27. The summed E-state index contributed by atoms with van der Waals surface area (Å²) in [7, 11) is 0. The second kappa shape index (κ2) is 5.52. The molecule has 0 saturated carbocycles. The van der Waals surface area contributed by atoms with Crippen LogP contribution in [0.25, 0.3) is 0 Å². The van der Waals surface area contributed by atoms with Crippen molar-refractivity contribution in [3.05, 3.63) is 18.5 Å². The van der Waals surface area contributed by atoms with Gasteiger partial charge in [-0.2, -0.15) is 0 Å². The first-order valence-corrected chi connectivity index (χ1v) is 5.98. The molecule has 0 unspecified atom stereocenters. The lowest BCUT2D eigenvalue weighted by Crippen LogP contribution is -2.39. The highest BCUT2D eigenvalue weighted by Gasteiger charge is 2.15. The fraction of sp³-hybridized carbons (Fsp3) is 0.500. The average molecular weight is 234 g/mol. The number of nitrogens with two attached hydrogens (primary N) is 1. The summed E-state index contributed by atoms with van der Waals surface area (Å²) in [6, 6.07) is 1.78. The van der Waals surface area contributed by atoms with Crippen molar-refractivity contribution in [1.29, 1.82) is 0 Å². The van der Waals surface area contributed by atoms with Crippen molar-refractivity contribution in [3.8, 4) is 0 Å². The third kappa shape index (κ3) is 3.09. The molecule has 1 saturated heterocycles. The van der Waals surface area contributed by atoms with Crippen molar-refractivity contribution >= 4 is 17.3 Å². The van der Waals surface area contributed by atoms with Crippen LogP contribution in [0.1, 0.15) is 19.3 Å². The van der Waals surface area contributed by atoms with E-state index in [1.165, 1.54) is 6.42 Å². The number of carbonyl (C=O) groups is 1. The summed E-state index contributed by atoms with van der Waals surface area (Å²) < 4.78 is 0. The van der Waals surface area contributed by atoms with Gasteiger partial charge >= 0.3 is 0 Å². The molecule has 1 aliphatic rings. The molecular weight excluding hydrogens is 216 g/mol. The van der Waals surface area contributed by atoms with Crippen molar-refractivity contribution in [1.82, 2.24) is 9.88 Å². The van der Waals surface area contributed by atoms with Crippen LogP contribution in [0.5, 0.6) is 0 Å². The third-order valence-corrected chi connectivity index (χ3v) is 2.99. The molecule has 0 radical (unpaired) electrons. The fourth-order valence-electron chi connectivity index (χ4n) is 1.99. The minimum absolute atomic E-state index is 0.140. The van der Waals surface area contributed by atoms with Crippen LogP contribution in [0.3, 0.4) is 0 Å². The van der Waals surface area contributed by atoms with Crippen molar-refractivity contribution < 1.29 is 4.79 Å². The molecule has 1 aromatic heterocycles. The van der Waals surface area contributed by atoms with Crippen molar-refractivity contribution in [2.75, 3.05) is 30.7 Å². The van der Waals surface area contributed by atoms with Crippen LogP contribution in [0.15, 0.2) is 18.5 Å². The summed E-state index contributed by atoms with van der Waals surface area (Å²) in [4.78, 5) is 17.7. The highest BCUT2D eigenvalue weighted by molar-refractivity contribution is 5.82. The quantitative estimate of drug-likeness (QED) is 0.821. The first kappa shape index (κ1) is 11.7. The Bertz CT molecular complexity index is 388. The minimum atomic E-state index is 0.140. The third-order valence-electron chi connectivity index (χ3n) is 2.99. The number of pyridine rings is 1. The Kier molecular flexibility index (Phi) is 3.80. The first-order valence-electron chi connectivity index (χ1n) is 5.98. The van der Waals surface area contributed by atoms with Gasteiger partial charge in [-0.25, -0.2) is 0 Å². The molecule has 2 rings (SSSR count). The lowest BCUT2D eigenvalue weighted by atomic mass is 10.1. The van der Waals surface area contributed by atoms with Gasteiger partial charge < -0.3 is 16.0 Å².